The quantitative estimate of drug-likeness (QED) is 0.446. The molecule has 0 saturated heterocycles. The predicted molar refractivity (Wildman–Crippen MR) is 83.3 cm³/mol. The second kappa shape index (κ2) is 5.12. The van der Waals surface area contributed by atoms with E-state index >= 15 is 0 Å². The van der Waals surface area contributed by atoms with Crippen molar-refractivity contribution in [1.82, 2.24) is 29.5 Å². The summed E-state index contributed by atoms with van der Waals surface area (Å²) in [6.07, 6.45) is 3.68. The number of nitro groups is 1. The number of H-pyrrole nitrogens is 1. The summed E-state index contributed by atoms with van der Waals surface area (Å²) in [6, 6.07) is 9.20. The third kappa shape index (κ3) is 2.13. The summed E-state index contributed by atoms with van der Waals surface area (Å²) in [5, 5.41) is 19.1. The first kappa shape index (κ1) is 13.8. The van der Waals surface area contributed by atoms with Gasteiger partial charge in [0, 0.05) is 0 Å². The lowest BCUT2D eigenvalue weighted by Crippen LogP contribution is -2.14. The molecule has 0 spiro atoms. The molecule has 1 N–H and O–H groups in total. The number of para-hydroxylation sites is 1. The van der Waals surface area contributed by atoms with Gasteiger partial charge in [-0.05, 0) is 12.1 Å². The molecule has 3 aromatic heterocycles. The zero-order valence-corrected chi connectivity index (χ0v) is 12.0. The maximum atomic E-state index is 12.2. The third-order valence-electron chi connectivity index (χ3n) is 3.42. The zero-order chi connectivity index (χ0) is 16.7. The highest BCUT2D eigenvalue weighted by Gasteiger charge is 2.15. The van der Waals surface area contributed by atoms with E-state index in [1.54, 1.807) is 0 Å². The maximum absolute atomic E-state index is 12.2. The van der Waals surface area contributed by atoms with E-state index in [2.05, 4.69) is 20.2 Å². The fraction of sp³-hybridized carbons (Fsp3) is 0. The summed E-state index contributed by atoms with van der Waals surface area (Å²) in [5.41, 5.74) is 0.464. The average molecular weight is 323 g/mol. The Morgan fingerprint density at radius 3 is 2.62 bits per heavy atom. The molecule has 0 radical (unpaired) electrons. The van der Waals surface area contributed by atoms with Gasteiger partial charge in [-0.1, -0.05) is 18.2 Å². The number of aromatic nitrogens is 6. The summed E-state index contributed by atoms with van der Waals surface area (Å²) in [7, 11) is 0. The largest absolute Gasteiger partial charge is 0.307 e. The predicted octanol–water partition coefficient (Wildman–Crippen LogP) is 1.20. The van der Waals surface area contributed by atoms with Crippen LogP contribution in [0, 0.1) is 10.1 Å². The van der Waals surface area contributed by atoms with E-state index in [0.29, 0.717) is 11.0 Å². The molecule has 0 bridgehead atoms. The first-order valence-corrected chi connectivity index (χ1v) is 6.86. The normalized spacial score (nSPS) is 11.0. The molecule has 118 valence electrons. The molecule has 0 aliphatic rings. The van der Waals surface area contributed by atoms with Gasteiger partial charge in [0.05, 0.1) is 16.8 Å². The van der Waals surface area contributed by atoms with E-state index in [1.807, 2.05) is 30.3 Å². The number of hydrogen-bond acceptors (Lipinski definition) is 6. The lowest BCUT2D eigenvalue weighted by molar-refractivity contribution is -0.384. The molecule has 10 nitrogen and oxygen atoms in total. The van der Waals surface area contributed by atoms with Crippen LogP contribution in [0.4, 0.5) is 5.69 Å². The van der Waals surface area contributed by atoms with Gasteiger partial charge in [-0.15, -0.1) is 0 Å². The molecule has 0 aliphatic carbocycles. The van der Waals surface area contributed by atoms with E-state index in [9.17, 15) is 14.9 Å². The van der Waals surface area contributed by atoms with Crippen molar-refractivity contribution in [2.24, 2.45) is 0 Å². The second-order valence-electron chi connectivity index (χ2n) is 4.92. The first-order chi connectivity index (χ1) is 11.6. The molecule has 4 rings (SSSR count). The smallest absolute Gasteiger partial charge is 0.290 e. The number of fused-ring (bicyclic) bond motifs is 1. The number of hydrogen-bond donors (Lipinski definition) is 1. The minimum atomic E-state index is -0.575. The van der Waals surface area contributed by atoms with Crippen LogP contribution in [0.15, 0.2) is 53.7 Å². The van der Waals surface area contributed by atoms with Gasteiger partial charge >= 0.3 is 5.69 Å². The van der Waals surface area contributed by atoms with E-state index in [0.717, 1.165) is 16.6 Å². The topological polar surface area (TPSA) is 125 Å². The third-order valence-corrected chi connectivity index (χ3v) is 3.42. The number of nitrogens with one attached hydrogen (secondary N) is 1. The molecule has 0 unspecified atom stereocenters. The van der Waals surface area contributed by atoms with E-state index in [1.165, 1.54) is 17.1 Å². The standard InChI is InChI=1S/C14H9N7O3/c22-13-11-7-16-20(9-4-2-1-3-5-9)12(11)17-14(18-13)19-8-10(6-15-19)21(23)24/h1-8H,(H,17,18,22). The molecule has 4 aromatic rings. The van der Waals surface area contributed by atoms with Crippen molar-refractivity contribution >= 4 is 16.7 Å². The molecular weight excluding hydrogens is 314 g/mol. The van der Waals surface area contributed by atoms with Crippen molar-refractivity contribution in [2.75, 3.05) is 0 Å². The van der Waals surface area contributed by atoms with Gasteiger partial charge in [0.25, 0.3) is 5.56 Å². The van der Waals surface area contributed by atoms with Crippen LogP contribution in [0.3, 0.4) is 0 Å². The number of aromatic amines is 1. The molecule has 0 atom stereocenters. The lowest BCUT2D eigenvalue weighted by atomic mass is 10.3. The van der Waals surface area contributed by atoms with Crippen molar-refractivity contribution in [3.8, 4) is 11.6 Å². The fourth-order valence-corrected chi connectivity index (χ4v) is 2.30. The summed E-state index contributed by atoms with van der Waals surface area (Å²) in [6.45, 7) is 0. The molecule has 0 aliphatic heterocycles. The van der Waals surface area contributed by atoms with Crippen molar-refractivity contribution in [3.63, 3.8) is 0 Å². The van der Waals surface area contributed by atoms with E-state index in [4.69, 9.17) is 0 Å². The van der Waals surface area contributed by atoms with Gasteiger partial charge in [-0.2, -0.15) is 15.2 Å². The highest BCUT2D eigenvalue weighted by molar-refractivity contribution is 5.75. The minimum Gasteiger partial charge on any atom is -0.290 e. The van der Waals surface area contributed by atoms with Crippen LogP contribution in [0.2, 0.25) is 0 Å². The first-order valence-electron chi connectivity index (χ1n) is 6.86. The van der Waals surface area contributed by atoms with Crippen molar-refractivity contribution in [2.45, 2.75) is 0 Å². The Balaban J connectivity index is 1.92. The Labute approximate surface area is 133 Å². The zero-order valence-electron chi connectivity index (χ0n) is 12.0. The molecule has 3 heterocycles. The number of nitrogens with zero attached hydrogens (tertiary/aromatic N) is 6. The SMILES string of the molecule is O=c1[nH]c(-n2cc([N+](=O)[O-])cn2)nc2c1cnn2-c1ccccc1. The van der Waals surface area contributed by atoms with Crippen LogP contribution in [0.25, 0.3) is 22.7 Å². The molecule has 1 aromatic carbocycles. The fourth-order valence-electron chi connectivity index (χ4n) is 2.30. The summed E-state index contributed by atoms with van der Waals surface area (Å²) in [4.78, 5) is 29.3. The monoisotopic (exact) mass is 323 g/mol. The summed E-state index contributed by atoms with van der Waals surface area (Å²) in [5.74, 6) is 0.0679. The van der Waals surface area contributed by atoms with Gasteiger partial charge in [0.1, 0.15) is 17.8 Å². The summed E-state index contributed by atoms with van der Waals surface area (Å²) >= 11 is 0. The van der Waals surface area contributed by atoms with Crippen LogP contribution in [-0.2, 0) is 0 Å². The van der Waals surface area contributed by atoms with Crippen LogP contribution in [0.5, 0.6) is 0 Å². The van der Waals surface area contributed by atoms with Gasteiger partial charge in [0.15, 0.2) is 5.65 Å². The molecule has 10 heteroatoms. The van der Waals surface area contributed by atoms with E-state index < -0.39 is 10.5 Å². The van der Waals surface area contributed by atoms with Crippen molar-refractivity contribution in [3.05, 3.63) is 69.4 Å². The van der Waals surface area contributed by atoms with Crippen LogP contribution in [-0.4, -0.2) is 34.5 Å². The maximum Gasteiger partial charge on any atom is 0.307 e. The second-order valence-corrected chi connectivity index (χ2v) is 4.92. The van der Waals surface area contributed by atoms with Crippen LogP contribution in [0.1, 0.15) is 0 Å². The van der Waals surface area contributed by atoms with Crippen LogP contribution < -0.4 is 5.56 Å². The minimum absolute atomic E-state index is 0.0679. The highest BCUT2D eigenvalue weighted by Crippen LogP contribution is 2.15. The number of rotatable bonds is 3. The average Bonchev–Trinajstić information content (AvgIpc) is 3.23. The summed E-state index contributed by atoms with van der Waals surface area (Å²) < 4.78 is 2.66. The number of benzene rings is 1. The Morgan fingerprint density at radius 1 is 1.12 bits per heavy atom. The van der Waals surface area contributed by atoms with Crippen molar-refractivity contribution < 1.29 is 4.92 Å². The molecule has 0 amide bonds. The Hall–Kier alpha value is -3.82. The van der Waals surface area contributed by atoms with Crippen molar-refractivity contribution in [1.29, 1.82) is 0 Å². The Kier molecular flexibility index (Phi) is 2.95. The molecule has 0 fully saturated rings. The van der Waals surface area contributed by atoms with E-state index in [-0.39, 0.29) is 11.6 Å². The van der Waals surface area contributed by atoms with Gasteiger partial charge in [0.2, 0.25) is 5.95 Å². The molecule has 24 heavy (non-hydrogen) atoms. The molecular formula is C14H9N7O3. The van der Waals surface area contributed by atoms with Gasteiger partial charge < -0.3 is 0 Å². The van der Waals surface area contributed by atoms with Gasteiger partial charge in [-0.25, -0.2) is 9.36 Å². The van der Waals surface area contributed by atoms with Gasteiger partial charge in [-0.3, -0.25) is 19.9 Å². The Morgan fingerprint density at radius 2 is 1.92 bits per heavy atom. The van der Waals surface area contributed by atoms with Crippen LogP contribution >= 0.6 is 0 Å². The lowest BCUT2D eigenvalue weighted by Gasteiger charge is -2.04. The highest BCUT2D eigenvalue weighted by atomic mass is 16.6. The molecule has 0 saturated carbocycles. The Bertz CT molecular complexity index is 1110.